The van der Waals surface area contributed by atoms with E-state index >= 15 is 0 Å². The molecular formula is C10H8N2O2. The number of nitriles is 1. The Morgan fingerprint density at radius 2 is 2.36 bits per heavy atom. The third-order valence-corrected chi connectivity index (χ3v) is 2.24. The number of cyclic esters (lactones) is 1. The number of esters is 1. The topological polar surface area (TPSA) is 76.1 Å². The van der Waals surface area contributed by atoms with Crippen LogP contribution >= 0.6 is 0 Å². The molecule has 4 nitrogen and oxygen atoms in total. The quantitative estimate of drug-likeness (QED) is 0.664. The second-order valence-corrected chi connectivity index (χ2v) is 3.00. The standard InChI is InChI=1S/C10H8N2O2/c11-4-6-2-1-3-7-9(6)8(5-12)14-10(7)13/h1-3,8H,4,11H2. The normalized spacial score (nSPS) is 18.6. The van der Waals surface area contributed by atoms with Crippen LogP contribution in [0.15, 0.2) is 18.2 Å². The molecule has 0 spiro atoms. The first kappa shape index (κ1) is 8.73. The Kier molecular flexibility index (Phi) is 1.95. The second-order valence-electron chi connectivity index (χ2n) is 3.00. The van der Waals surface area contributed by atoms with E-state index < -0.39 is 12.1 Å². The Bertz CT molecular complexity index is 434. The predicted octanol–water partition coefficient (Wildman–Crippen LogP) is 0.880. The van der Waals surface area contributed by atoms with Gasteiger partial charge in [-0.3, -0.25) is 0 Å². The Balaban J connectivity index is 2.63. The fourth-order valence-electron chi connectivity index (χ4n) is 1.60. The molecule has 14 heavy (non-hydrogen) atoms. The highest BCUT2D eigenvalue weighted by Gasteiger charge is 2.32. The summed E-state index contributed by atoms with van der Waals surface area (Å²) in [6, 6.07) is 7.11. The first-order chi connectivity index (χ1) is 6.77. The van der Waals surface area contributed by atoms with E-state index in [0.717, 1.165) is 5.56 Å². The van der Waals surface area contributed by atoms with Crippen LogP contribution in [0.25, 0.3) is 0 Å². The Labute approximate surface area is 80.9 Å². The van der Waals surface area contributed by atoms with E-state index in [1.54, 1.807) is 18.2 Å². The molecule has 0 aromatic heterocycles. The minimum atomic E-state index is -0.794. The van der Waals surface area contributed by atoms with Gasteiger partial charge in [-0.1, -0.05) is 12.1 Å². The van der Waals surface area contributed by atoms with Gasteiger partial charge in [0.15, 0.2) is 0 Å². The van der Waals surface area contributed by atoms with Crippen LogP contribution in [-0.2, 0) is 11.3 Å². The highest BCUT2D eigenvalue weighted by atomic mass is 16.5. The average molecular weight is 188 g/mol. The minimum Gasteiger partial charge on any atom is -0.438 e. The predicted molar refractivity (Wildman–Crippen MR) is 48.1 cm³/mol. The van der Waals surface area contributed by atoms with Crippen molar-refractivity contribution in [1.82, 2.24) is 0 Å². The molecule has 1 heterocycles. The molecule has 0 aliphatic carbocycles. The number of hydrogen-bond acceptors (Lipinski definition) is 4. The van der Waals surface area contributed by atoms with E-state index in [2.05, 4.69) is 0 Å². The third kappa shape index (κ3) is 1.07. The molecular weight excluding hydrogens is 180 g/mol. The van der Waals surface area contributed by atoms with Gasteiger partial charge < -0.3 is 10.5 Å². The van der Waals surface area contributed by atoms with Gasteiger partial charge in [0.25, 0.3) is 0 Å². The van der Waals surface area contributed by atoms with Gasteiger partial charge in [0, 0.05) is 12.1 Å². The second kappa shape index (κ2) is 3.13. The molecule has 0 saturated heterocycles. The van der Waals surface area contributed by atoms with Crippen LogP contribution in [0.2, 0.25) is 0 Å². The van der Waals surface area contributed by atoms with Crippen LogP contribution < -0.4 is 5.73 Å². The smallest absolute Gasteiger partial charge is 0.340 e. The van der Waals surface area contributed by atoms with Crippen molar-refractivity contribution in [3.63, 3.8) is 0 Å². The molecule has 2 N–H and O–H groups in total. The highest BCUT2D eigenvalue weighted by Crippen LogP contribution is 2.32. The highest BCUT2D eigenvalue weighted by molar-refractivity contribution is 5.94. The summed E-state index contributed by atoms with van der Waals surface area (Å²) in [5.41, 5.74) is 7.39. The van der Waals surface area contributed by atoms with Crippen LogP contribution in [0, 0.1) is 11.3 Å². The van der Waals surface area contributed by atoms with Gasteiger partial charge >= 0.3 is 5.97 Å². The first-order valence-electron chi connectivity index (χ1n) is 4.20. The molecule has 1 atom stereocenters. The van der Waals surface area contributed by atoms with Gasteiger partial charge in [-0.25, -0.2) is 4.79 Å². The molecule has 1 unspecified atom stereocenters. The van der Waals surface area contributed by atoms with Crippen LogP contribution in [0.3, 0.4) is 0 Å². The first-order valence-corrected chi connectivity index (χ1v) is 4.20. The van der Waals surface area contributed by atoms with E-state index in [1.165, 1.54) is 0 Å². The van der Waals surface area contributed by atoms with Crippen molar-refractivity contribution >= 4 is 5.97 Å². The largest absolute Gasteiger partial charge is 0.438 e. The molecule has 4 heteroatoms. The summed E-state index contributed by atoms with van der Waals surface area (Å²) in [6.45, 7) is 0.304. The molecule has 1 aromatic carbocycles. The Morgan fingerprint density at radius 1 is 1.57 bits per heavy atom. The van der Waals surface area contributed by atoms with Crippen molar-refractivity contribution in [1.29, 1.82) is 5.26 Å². The lowest BCUT2D eigenvalue weighted by Gasteiger charge is -2.05. The molecule has 0 fully saturated rings. The lowest BCUT2D eigenvalue weighted by atomic mass is 9.99. The van der Waals surface area contributed by atoms with Gasteiger partial charge in [-0.2, -0.15) is 5.26 Å². The maximum absolute atomic E-state index is 11.3. The summed E-state index contributed by atoms with van der Waals surface area (Å²) in [5.74, 6) is -0.443. The van der Waals surface area contributed by atoms with E-state index in [1.807, 2.05) is 6.07 Å². The lowest BCUT2D eigenvalue weighted by Crippen LogP contribution is -2.03. The van der Waals surface area contributed by atoms with Gasteiger partial charge in [-0.05, 0) is 11.6 Å². The van der Waals surface area contributed by atoms with Crippen molar-refractivity contribution in [2.24, 2.45) is 5.73 Å². The number of carbonyl (C=O) groups is 1. The zero-order valence-electron chi connectivity index (χ0n) is 7.36. The number of hydrogen-bond donors (Lipinski definition) is 1. The molecule has 0 saturated carbocycles. The molecule has 70 valence electrons. The van der Waals surface area contributed by atoms with Gasteiger partial charge in [0.1, 0.15) is 6.07 Å². The molecule has 0 bridgehead atoms. The molecule has 1 aliphatic rings. The summed E-state index contributed by atoms with van der Waals surface area (Å²) >= 11 is 0. The van der Waals surface area contributed by atoms with Crippen LogP contribution in [0.4, 0.5) is 0 Å². The molecule has 0 amide bonds. The summed E-state index contributed by atoms with van der Waals surface area (Å²) in [6.07, 6.45) is -0.794. The zero-order valence-corrected chi connectivity index (χ0v) is 7.36. The third-order valence-electron chi connectivity index (χ3n) is 2.24. The van der Waals surface area contributed by atoms with Gasteiger partial charge in [0.05, 0.1) is 5.56 Å². The average Bonchev–Trinajstić information content (AvgIpc) is 2.56. The maximum Gasteiger partial charge on any atom is 0.340 e. The van der Waals surface area contributed by atoms with Crippen LogP contribution in [0.5, 0.6) is 0 Å². The summed E-state index contributed by atoms with van der Waals surface area (Å²) in [4.78, 5) is 11.3. The number of nitrogens with zero attached hydrogens (tertiary/aromatic N) is 1. The molecule has 0 radical (unpaired) electrons. The number of rotatable bonds is 1. The number of benzene rings is 1. The van der Waals surface area contributed by atoms with Crippen molar-refractivity contribution in [3.05, 3.63) is 34.9 Å². The van der Waals surface area contributed by atoms with E-state index in [4.69, 9.17) is 15.7 Å². The molecule has 2 rings (SSSR count). The lowest BCUT2D eigenvalue weighted by molar-refractivity contribution is 0.0477. The number of nitrogens with two attached hydrogens (primary N) is 1. The van der Waals surface area contributed by atoms with Gasteiger partial charge in [0.2, 0.25) is 6.10 Å². The minimum absolute atomic E-state index is 0.304. The van der Waals surface area contributed by atoms with Crippen molar-refractivity contribution in [3.8, 4) is 6.07 Å². The Morgan fingerprint density at radius 3 is 3.00 bits per heavy atom. The van der Waals surface area contributed by atoms with Crippen LogP contribution in [-0.4, -0.2) is 5.97 Å². The van der Waals surface area contributed by atoms with Crippen molar-refractivity contribution < 1.29 is 9.53 Å². The fraction of sp³-hybridized carbons (Fsp3) is 0.200. The van der Waals surface area contributed by atoms with Crippen molar-refractivity contribution in [2.75, 3.05) is 0 Å². The zero-order chi connectivity index (χ0) is 10.1. The fourth-order valence-corrected chi connectivity index (χ4v) is 1.60. The Hall–Kier alpha value is -1.86. The number of ether oxygens (including phenoxy) is 1. The van der Waals surface area contributed by atoms with Crippen LogP contribution in [0.1, 0.15) is 27.6 Å². The molecule has 1 aliphatic heterocycles. The summed E-state index contributed by atoms with van der Waals surface area (Å²) in [7, 11) is 0. The van der Waals surface area contributed by atoms with E-state index in [-0.39, 0.29) is 0 Å². The maximum atomic E-state index is 11.3. The van der Waals surface area contributed by atoms with E-state index in [0.29, 0.717) is 17.7 Å². The molecule has 1 aromatic rings. The summed E-state index contributed by atoms with van der Waals surface area (Å²) < 4.78 is 4.87. The number of carbonyl (C=O) groups excluding carboxylic acids is 1. The van der Waals surface area contributed by atoms with E-state index in [9.17, 15) is 4.79 Å². The van der Waals surface area contributed by atoms with Gasteiger partial charge in [-0.15, -0.1) is 0 Å². The summed E-state index contributed by atoms with van der Waals surface area (Å²) in [5, 5.41) is 8.78. The number of fused-ring (bicyclic) bond motifs is 1. The SMILES string of the molecule is N#CC1OC(=O)c2cccc(CN)c21. The monoisotopic (exact) mass is 188 g/mol. The van der Waals surface area contributed by atoms with Crippen molar-refractivity contribution in [2.45, 2.75) is 12.6 Å².